The Bertz CT molecular complexity index is 297. The lowest BCUT2D eigenvalue weighted by atomic mass is 10.0. The smallest absolute Gasteiger partial charge is 0.325 e. The van der Waals surface area contributed by atoms with Gasteiger partial charge in [0.05, 0.1) is 0 Å². The lowest BCUT2D eigenvalue weighted by Crippen LogP contribution is -2.36. The maximum Gasteiger partial charge on any atom is 0.325 e. The summed E-state index contributed by atoms with van der Waals surface area (Å²) in [6.07, 6.45) is 4.18. The Morgan fingerprint density at radius 3 is 2.75 bits per heavy atom. The average molecular weight is 169 g/mol. The lowest BCUT2D eigenvalue weighted by molar-refractivity contribution is 0.324. The van der Waals surface area contributed by atoms with Gasteiger partial charge in [0.15, 0.2) is 0 Å². The number of aromatic nitrogens is 2. The molecule has 0 spiro atoms. The largest absolute Gasteiger partial charge is 0.330 e. The molecule has 3 N–H and O–H groups in total. The van der Waals surface area contributed by atoms with Crippen LogP contribution in [0.25, 0.3) is 0 Å². The zero-order chi connectivity index (χ0) is 9.19. The van der Waals surface area contributed by atoms with Crippen molar-refractivity contribution in [2.24, 2.45) is 5.73 Å². The van der Waals surface area contributed by atoms with Crippen LogP contribution in [0.1, 0.15) is 20.3 Å². The summed E-state index contributed by atoms with van der Waals surface area (Å²) in [4.78, 5) is 13.8. The van der Waals surface area contributed by atoms with Gasteiger partial charge in [0.1, 0.15) is 0 Å². The molecule has 0 aliphatic rings. The van der Waals surface area contributed by atoms with Crippen LogP contribution in [0.3, 0.4) is 0 Å². The number of nitrogens with zero attached hydrogens (tertiary/aromatic N) is 1. The van der Waals surface area contributed by atoms with Crippen molar-refractivity contribution in [3.05, 3.63) is 22.9 Å². The van der Waals surface area contributed by atoms with Gasteiger partial charge in [-0.25, -0.2) is 4.79 Å². The van der Waals surface area contributed by atoms with Gasteiger partial charge >= 0.3 is 5.69 Å². The minimum Gasteiger partial charge on any atom is -0.330 e. The lowest BCUT2D eigenvalue weighted by Gasteiger charge is -2.24. The Morgan fingerprint density at radius 2 is 2.33 bits per heavy atom. The van der Waals surface area contributed by atoms with E-state index in [0.717, 1.165) is 6.42 Å². The van der Waals surface area contributed by atoms with Crippen LogP contribution in [-0.2, 0) is 5.54 Å². The van der Waals surface area contributed by atoms with Gasteiger partial charge in [0.25, 0.3) is 0 Å². The highest BCUT2D eigenvalue weighted by Gasteiger charge is 2.19. The van der Waals surface area contributed by atoms with Crippen LogP contribution >= 0.6 is 0 Å². The zero-order valence-electron chi connectivity index (χ0n) is 7.50. The van der Waals surface area contributed by atoms with Crippen molar-refractivity contribution in [2.45, 2.75) is 25.8 Å². The molecular weight excluding hydrogens is 154 g/mol. The second-order valence-electron chi connectivity index (χ2n) is 3.49. The highest BCUT2D eigenvalue weighted by molar-refractivity contribution is 4.86. The van der Waals surface area contributed by atoms with E-state index < -0.39 is 0 Å². The molecule has 12 heavy (non-hydrogen) atoms. The fourth-order valence-electron chi connectivity index (χ4n) is 1.27. The molecule has 68 valence electrons. The maximum atomic E-state index is 11.2. The van der Waals surface area contributed by atoms with Gasteiger partial charge in [-0.3, -0.25) is 4.57 Å². The molecule has 0 atom stereocenters. The molecular formula is C8H15N3O. The number of H-pyrrole nitrogens is 1. The van der Waals surface area contributed by atoms with Crippen LogP contribution in [0.5, 0.6) is 0 Å². The number of hydrogen-bond donors (Lipinski definition) is 2. The van der Waals surface area contributed by atoms with E-state index in [1.807, 2.05) is 13.8 Å². The van der Waals surface area contributed by atoms with E-state index >= 15 is 0 Å². The Hall–Kier alpha value is -1.03. The quantitative estimate of drug-likeness (QED) is 0.681. The first-order chi connectivity index (χ1) is 5.58. The van der Waals surface area contributed by atoms with Crippen molar-refractivity contribution < 1.29 is 0 Å². The molecule has 0 aliphatic heterocycles. The number of rotatable bonds is 3. The molecule has 0 saturated carbocycles. The fraction of sp³-hybridized carbons (Fsp3) is 0.625. The van der Waals surface area contributed by atoms with Crippen molar-refractivity contribution in [2.75, 3.05) is 6.54 Å². The monoisotopic (exact) mass is 169 g/mol. The maximum absolute atomic E-state index is 11.2. The van der Waals surface area contributed by atoms with Crippen LogP contribution < -0.4 is 11.4 Å². The van der Waals surface area contributed by atoms with Crippen LogP contribution in [-0.4, -0.2) is 16.1 Å². The third-order valence-corrected chi connectivity index (χ3v) is 2.06. The molecule has 0 saturated heterocycles. The first-order valence-electron chi connectivity index (χ1n) is 4.04. The van der Waals surface area contributed by atoms with E-state index in [-0.39, 0.29) is 11.2 Å². The van der Waals surface area contributed by atoms with Crippen LogP contribution in [0.15, 0.2) is 17.2 Å². The topological polar surface area (TPSA) is 63.8 Å². The highest BCUT2D eigenvalue weighted by atomic mass is 16.1. The summed E-state index contributed by atoms with van der Waals surface area (Å²) in [7, 11) is 0. The van der Waals surface area contributed by atoms with Gasteiger partial charge in [-0.15, -0.1) is 0 Å². The molecule has 4 nitrogen and oxygen atoms in total. The van der Waals surface area contributed by atoms with Gasteiger partial charge in [-0.05, 0) is 26.8 Å². The summed E-state index contributed by atoms with van der Waals surface area (Å²) in [5.41, 5.74) is 5.18. The van der Waals surface area contributed by atoms with Crippen molar-refractivity contribution in [1.82, 2.24) is 9.55 Å². The summed E-state index contributed by atoms with van der Waals surface area (Å²) in [5, 5.41) is 0. The van der Waals surface area contributed by atoms with Crippen LogP contribution in [0.4, 0.5) is 0 Å². The number of nitrogens with two attached hydrogens (primary N) is 1. The first-order valence-corrected chi connectivity index (χ1v) is 4.04. The number of imidazole rings is 1. The van der Waals surface area contributed by atoms with Crippen LogP contribution in [0, 0.1) is 0 Å². The third kappa shape index (κ3) is 1.58. The van der Waals surface area contributed by atoms with Gasteiger partial charge in [0.2, 0.25) is 0 Å². The Balaban J connectivity index is 2.96. The molecule has 1 aromatic rings. The Morgan fingerprint density at radius 1 is 1.67 bits per heavy atom. The molecule has 0 bridgehead atoms. The summed E-state index contributed by atoms with van der Waals surface area (Å²) >= 11 is 0. The second-order valence-corrected chi connectivity index (χ2v) is 3.49. The average Bonchev–Trinajstić information content (AvgIpc) is 2.35. The highest BCUT2D eigenvalue weighted by Crippen LogP contribution is 2.15. The SMILES string of the molecule is CC(C)(CCN)n1cc[nH]c1=O. The molecule has 0 fully saturated rings. The summed E-state index contributed by atoms with van der Waals surface area (Å²) in [5.74, 6) is 0. The molecule has 0 aliphatic carbocycles. The van der Waals surface area contributed by atoms with Gasteiger partial charge in [-0.2, -0.15) is 0 Å². The predicted molar refractivity (Wildman–Crippen MR) is 48.0 cm³/mol. The minimum absolute atomic E-state index is 0.0755. The van der Waals surface area contributed by atoms with E-state index in [1.165, 1.54) is 0 Å². The molecule has 0 unspecified atom stereocenters. The molecule has 1 heterocycles. The molecule has 0 radical (unpaired) electrons. The zero-order valence-corrected chi connectivity index (χ0v) is 7.50. The molecule has 1 rings (SSSR count). The van der Waals surface area contributed by atoms with E-state index in [4.69, 9.17) is 5.73 Å². The van der Waals surface area contributed by atoms with Gasteiger partial charge in [-0.1, -0.05) is 0 Å². The Labute approximate surface area is 71.4 Å². The van der Waals surface area contributed by atoms with E-state index in [1.54, 1.807) is 17.0 Å². The predicted octanol–water partition coefficient (Wildman–Crippen LogP) is 0.260. The Kier molecular flexibility index (Phi) is 2.38. The fourth-order valence-corrected chi connectivity index (χ4v) is 1.27. The van der Waals surface area contributed by atoms with E-state index in [0.29, 0.717) is 6.54 Å². The molecule has 1 aromatic heterocycles. The standard InChI is InChI=1S/C8H15N3O/c1-8(2,3-4-9)11-6-5-10-7(11)12/h5-6H,3-4,9H2,1-2H3,(H,10,12). The number of aromatic amines is 1. The van der Waals surface area contributed by atoms with E-state index in [9.17, 15) is 4.79 Å². The number of nitrogens with one attached hydrogen (secondary N) is 1. The van der Waals surface area contributed by atoms with Crippen LogP contribution in [0.2, 0.25) is 0 Å². The van der Waals surface area contributed by atoms with E-state index in [2.05, 4.69) is 4.98 Å². The summed E-state index contributed by atoms with van der Waals surface area (Å²) in [6.45, 7) is 4.58. The summed E-state index contributed by atoms with van der Waals surface area (Å²) < 4.78 is 1.67. The third-order valence-electron chi connectivity index (χ3n) is 2.06. The van der Waals surface area contributed by atoms with Gasteiger partial charge in [0, 0.05) is 17.9 Å². The second kappa shape index (κ2) is 3.15. The molecule has 4 heteroatoms. The van der Waals surface area contributed by atoms with Crippen molar-refractivity contribution in [1.29, 1.82) is 0 Å². The minimum atomic E-state index is -0.189. The number of hydrogen-bond acceptors (Lipinski definition) is 2. The van der Waals surface area contributed by atoms with Crippen molar-refractivity contribution >= 4 is 0 Å². The normalized spacial score (nSPS) is 11.9. The van der Waals surface area contributed by atoms with Gasteiger partial charge < -0.3 is 10.7 Å². The summed E-state index contributed by atoms with van der Waals surface area (Å²) in [6, 6.07) is 0. The molecule has 0 aromatic carbocycles. The van der Waals surface area contributed by atoms with Crippen molar-refractivity contribution in [3.63, 3.8) is 0 Å². The van der Waals surface area contributed by atoms with Crippen molar-refractivity contribution in [3.8, 4) is 0 Å². The molecule has 0 amide bonds. The first kappa shape index (κ1) is 9.06.